The van der Waals surface area contributed by atoms with Crippen molar-refractivity contribution >= 4 is 5.91 Å². The molecule has 2 aliphatic carbocycles. The number of nitrogens with two attached hydrogens (primary N) is 1. The van der Waals surface area contributed by atoms with Crippen LogP contribution in [0.4, 0.5) is 0 Å². The van der Waals surface area contributed by atoms with E-state index in [0.29, 0.717) is 24.7 Å². The van der Waals surface area contributed by atoms with Gasteiger partial charge in [-0.25, -0.2) is 0 Å². The predicted octanol–water partition coefficient (Wildman–Crippen LogP) is 3.44. The number of carbonyl (C=O) groups excluding carboxylic acids is 1. The number of primary amides is 1. The third-order valence-corrected chi connectivity index (χ3v) is 6.20. The zero-order valence-corrected chi connectivity index (χ0v) is 16.8. The van der Waals surface area contributed by atoms with E-state index in [1.165, 1.54) is 11.1 Å². The van der Waals surface area contributed by atoms with Gasteiger partial charge >= 0.3 is 0 Å². The van der Waals surface area contributed by atoms with Crippen molar-refractivity contribution in [2.45, 2.75) is 64.1 Å². The topological polar surface area (TPSA) is 83.5 Å². The van der Waals surface area contributed by atoms with Crippen molar-refractivity contribution in [3.8, 4) is 0 Å². The Morgan fingerprint density at radius 2 is 2.18 bits per heavy atom. The van der Waals surface area contributed by atoms with Crippen LogP contribution in [-0.2, 0) is 11.2 Å². The summed E-state index contributed by atoms with van der Waals surface area (Å²) in [6.45, 7) is 2.05. The second-order valence-corrected chi connectivity index (χ2v) is 8.56. The number of hydrogen-bond donors (Lipinski definition) is 3. The molecule has 1 fully saturated rings. The summed E-state index contributed by atoms with van der Waals surface area (Å²) >= 11 is 0. The molecule has 1 amide bonds. The number of aliphatic hydroxyl groups is 2. The average Bonchev–Trinajstić information content (AvgIpc) is 3.13. The summed E-state index contributed by atoms with van der Waals surface area (Å²) in [6, 6.07) is 8.21. The molecule has 1 aromatic carbocycles. The lowest BCUT2D eigenvalue weighted by Gasteiger charge is -2.19. The standard InChI is InChI=1S/C24H33NO3/c1-16-5-4-7-17(11-16)13-20(26)9-10-21-22-14-18(6-2-3-8-24(25)28)12-19(22)15-23(21)27/h4-5,7,9-12,19-23,26-27H,2-3,6,8,13-15H2,1H3,(H2,25,28)/b10-9+/t19-,20+,21+,22-,23+/m0/s1. The van der Waals surface area contributed by atoms with Gasteiger partial charge < -0.3 is 15.9 Å². The molecule has 0 heterocycles. The number of benzene rings is 1. The lowest BCUT2D eigenvalue weighted by molar-refractivity contribution is -0.118. The summed E-state index contributed by atoms with van der Waals surface area (Å²) in [6.07, 6.45) is 11.1. The summed E-state index contributed by atoms with van der Waals surface area (Å²) in [5, 5.41) is 20.9. The number of allylic oxidation sites excluding steroid dienone is 2. The minimum absolute atomic E-state index is 0.108. The summed E-state index contributed by atoms with van der Waals surface area (Å²) in [4.78, 5) is 10.8. The summed E-state index contributed by atoms with van der Waals surface area (Å²) in [5.41, 5.74) is 8.97. The average molecular weight is 384 g/mol. The summed E-state index contributed by atoms with van der Waals surface area (Å²) < 4.78 is 0. The van der Waals surface area contributed by atoms with Crippen LogP contribution in [0.3, 0.4) is 0 Å². The molecule has 0 spiro atoms. The molecule has 0 unspecified atom stereocenters. The lowest BCUT2D eigenvalue weighted by Crippen LogP contribution is -2.18. The largest absolute Gasteiger partial charge is 0.392 e. The van der Waals surface area contributed by atoms with Crippen LogP contribution in [0.25, 0.3) is 0 Å². The van der Waals surface area contributed by atoms with Crippen LogP contribution in [0.15, 0.2) is 48.1 Å². The van der Waals surface area contributed by atoms with E-state index in [1.807, 2.05) is 24.3 Å². The number of rotatable bonds is 9. The van der Waals surface area contributed by atoms with Gasteiger partial charge in [0.05, 0.1) is 12.2 Å². The first-order valence-corrected chi connectivity index (χ1v) is 10.5. The molecule has 1 aromatic rings. The van der Waals surface area contributed by atoms with E-state index in [4.69, 9.17) is 5.73 Å². The van der Waals surface area contributed by atoms with Crippen LogP contribution in [0, 0.1) is 24.7 Å². The van der Waals surface area contributed by atoms with Crippen molar-refractivity contribution in [3.05, 3.63) is 59.2 Å². The molecule has 5 atom stereocenters. The smallest absolute Gasteiger partial charge is 0.217 e. The van der Waals surface area contributed by atoms with Crippen LogP contribution in [0.5, 0.6) is 0 Å². The Morgan fingerprint density at radius 3 is 2.93 bits per heavy atom. The van der Waals surface area contributed by atoms with Gasteiger partial charge in [0.1, 0.15) is 0 Å². The molecule has 0 aliphatic heterocycles. The van der Waals surface area contributed by atoms with E-state index in [0.717, 1.165) is 37.7 Å². The summed E-state index contributed by atoms with van der Waals surface area (Å²) in [7, 11) is 0. The van der Waals surface area contributed by atoms with Crippen LogP contribution >= 0.6 is 0 Å². The highest BCUT2D eigenvalue weighted by atomic mass is 16.3. The fourth-order valence-electron chi connectivity index (χ4n) is 4.85. The Labute approximate surface area is 168 Å². The van der Waals surface area contributed by atoms with Crippen molar-refractivity contribution in [1.29, 1.82) is 0 Å². The van der Waals surface area contributed by atoms with E-state index in [2.05, 4.69) is 25.1 Å². The van der Waals surface area contributed by atoms with E-state index in [-0.39, 0.29) is 17.9 Å². The highest BCUT2D eigenvalue weighted by Gasteiger charge is 2.43. The first-order chi connectivity index (χ1) is 13.4. The van der Waals surface area contributed by atoms with E-state index >= 15 is 0 Å². The number of unbranched alkanes of at least 4 members (excludes halogenated alkanes) is 1. The normalized spacial score (nSPS) is 27.8. The Kier molecular flexibility index (Phi) is 7.08. The van der Waals surface area contributed by atoms with Crippen LogP contribution in [0.2, 0.25) is 0 Å². The molecule has 0 saturated heterocycles. The Bertz CT molecular complexity index is 739. The third kappa shape index (κ3) is 5.55. The Hall–Kier alpha value is -1.91. The van der Waals surface area contributed by atoms with E-state index < -0.39 is 6.10 Å². The lowest BCUT2D eigenvalue weighted by atomic mass is 9.88. The fraction of sp³-hybridized carbons (Fsp3) is 0.542. The monoisotopic (exact) mass is 383 g/mol. The molecule has 28 heavy (non-hydrogen) atoms. The van der Waals surface area contributed by atoms with Gasteiger partial charge in [0.15, 0.2) is 0 Å². The first kappa shape index (κ1) is 20.8. The van der Waals surface area contributed by atoms with Gasteiger partial charge in [-0.3, -0.25) is 4.79 Å². The van der Waals surface area contributed by atoms with Crippen molar-refractivity contribution in [1.82, 2.24) is 0 Å². The molecule has 152 valence electrons. The Balaban J connectivity index is 1.51. The molecular formula is C24H33NO3. The fourth-order valence-corrected chi connectivity index (χ4v) is 4.85. The number of fused-ring (bicyclic) bond motifs is 1. The van der Waals surface area contributed by atoms with Crippen molar-refractivity contribution < 1.29 is 15.0 Å². The maximum absolute atomic E-state index is 10.8. The maximum Gasteiger partial charge on any atom is 0.217 e. The zero-order chi connectivity index (χ0) is 20.1. The van der Waals surface area contributed by atoms with Gasteiger partial charge in [-0.1, -0.05) is 53.6 Å². The molecule has 1 saturated carbocycles. The van der Waals surface area contributed by atoms with Crippen LogP contribution in [-0.4, -0.2) is 28.3 Å². The molecule has 3 rings (SSSR count). The number of carbonyl (C=O) groups is 1. The minimum Gasteiger partial charge on any atom is -0.392 e. The molecule has 0 bridgehead atoms. The molecule has 0 radical (unpaired) electrons. The van der Waals surface area contributed by atoms with Gasteiger partial charge in [0.25, 0.3) is 0 Å². The number of hydrogen-bond acceptors (Lipinski definition) is 3. The van der Waals surface area contributed by atoms with E-state index in [1.54, 1.807) is 0 Å². The number of aliphatic hydroxyl groups excluding tert-OH is 2. The molecular weight excluding hydrogens is 350 g/mol. The third-order valence-electron chi connectivity index (χ3n) is 6.20. The second kappa shape index (κ2) is 9.53. The molecule has 4 heteroatoms. The van der Waals surface area contributed by atoms with Crippen molar-refractivity contribution in [2.75, 3.05) is 0 Å². The van der Waals surface area contributed by atoms with Gasteiger partial charge in [0, 0.05) is 18.8 Å². The maximum atomic E-state index is 10.8. The van der Waals surface area contributed by atoms with Gasteiger partial charge in [-0.15, -0.1) is 0 Å². The highest BCUT2D eigenvalue weighted by molar-refractivity contribution is 5.73. The van der Waals surface area contributed by atoms with Crippen LogP contribution < -0.4 is 5.73 Å². The van der Waals surface area contributed by atoms with Crippen LogP contribution in [0.1, 0.15) is 49.7 Å². The SMILES string of the molecule is Cc1cccc(C[C@H](O)/C=C/[C@@H]2[C@H]3CC(CCCCC(N)=O)=C[C@H]3C[C@H]2O)c1. The molecule has 4 nitrogen and oxygen atoms in total. The van der Waals surface area contributed by atoms with Crippen molar-refractivity contribution in [2.24, 2.45) is 23.5 Å². The zero-order valence-electron chi connectivity index (χ0n) is 16.8. The van der Waals surface area contributed by atoms with Gasteiger partial charge in [0.2, 0.25) is 5.91 Å². The minimum atomic E-state index is -0.532. The molecule has 4 N–H and O–H groups in total. The predicted molar refractivity (Wildman–Crippen MR) is 111 cm³/mol. The van der Waals surface area contributed by atoms with Gasteiger partial charge in [-0.2, -0.15) is 0 Å². The number of aryl methyl sites for hydroxylation is 1. The quantitative estimate of drug-likeness (QED) is 0.451. The molecule has 2 aliphatic rings. The van der Waals surface area contributed by atoms with E-state index in [9.17, 15) is 15.0 Å². The second-order valence-electron chi connectivity index (χ2n) is 8.56. The molecule has 0 aromatic heterocycles. The Morgan fingerprint density at radius 1 is 1.36 bits per heavy atom. The van der Waals surface area contributed by atoms with Crippen molar-refractivity contribution in [3.63, 3.8) is 0 Å². The summed E-state index contributed by atoms with van der Waals surface area (Å²) in [5.74, 6) is 0.750. The number of amides is 1. The van der Waals surface area contributed by atoms with Gasteiger partial charge in [-0.05, 0) is 56.4 Å². The highest BCUT2D eigenvalue weighted by Crippen LogP contribution is 2.48. The first-order valence-electron chi connectivity index (χ1n) is 10.5.